The number of anilines is 1. The quantitative estimate of drug-likeness (QED) is 0.790. The van der Waals surface area contributed by atoms with Crippen LogP contribution in [0.25, 0.3) is 0 Å². The lowest BCUT2D eigenvalue weighted by atomic mass is 10.0. The average Bonchev–Trinajstić information content (AvgIpc) is 2.66. The van der Waals surface area contributed by atoms with Gasteiger partial charge in [0.15, 0.2) is 11.5 Å². The van der Waals surface area contributed by atoms with Gasteiger partial charge in [0.1, 0.15) is 19.3 Å². The standard InChI is InChI=1S/C19H22N2O5S/c1-13(2)18(19(22)20-14-6-4-3-5-7-14)21-27(23,24)15-8-9-16-17(12-15)26-11-10-25-16/h3-9,12-13,18,21H,10-11H2,1-2H3,(H,20,22)/t18-/m0/s1. The van der Waals surface area contributed by atoms with E-state index in [1.165, 1.54) is 12.1 Å². The van der Waals surface area contributed by atoms with Gasteiger partial charge in [-0.05, 0) is 30.2 Å². The van der Waals surface area contributed by atoms with Gasteiger partial charge >= 0.3 is 0 Å². The van der Waals surface area contributed by atoms with E-state index < -0.39 is 22.0 Å². The molecule has 1 aliphatic heterocycles. The molecular weight excluding hydrogens is 368 g/mol. The molecule has 27 heavy (non-hydrogen) atoms. The van der Waals surface area contributed by atoms with Crippen molar-refractivity contribution in [2.45, 2.75) is 24.8 Å². The van der Waals surface area contributed by atoms with Gasteiger partial charge < -0.3 is 14.8 Å². The van der Waals surface area contributed by atoms with Gasteiger partial charge in [0.25, 0.3) is 0 Å². The molecule has 144 valence electrons. The molecule has 2 aromatic carbocycles. The van der Waals surface area contributed by atoms with E-state index in [2.05, 4.69) is 10.0 Å². The van der Waals surface area contributed by atoms with Crippen molar-refractivity contribution in [3.8, 4) is 11.5 Å². The second-order valence-electron chi connectivity index (χ2n) is 6.50. The number of carbonyl (C=O) groups is 1. The number of fused-ring (bicyclic) bond motifs is 1. The van der Waals surface area contributed by atoms with Crippen molar-refractivity contribution in [3.05, 3.63) is 48.5 Å². The minimum Gasteiger partial charge on any atom is -0.486 e. The minimum atomic E-state index is -3.92. The van der Waals surface area contributed by atoms with Crippen molar-refractivity contribution < 1.29 is 22.7 Å². The Kier molecular flexibility index (Phi) is 5.67. The number of rotatable bonds is 6. The van der Waals surface area contributed by atoms with E-state index in [-0.39, 0.29) is 10.8 Å². The maximum absolute atomic E-state index is 12.8. The lowest BCUT2D eigenvalue weighted by molar-refractivity contribution is -0.118. The third-order valence-corrected chi connectivity index (χ3v) is 5.54. The lowest BCUT2D eigenvalue weighted by Crippen LogP contribution is -2.47. The van der Waals surface area contributed by atoms with E-state index in [1.807, 2.05) is 6.07 Å². The molecule has 2 aromatic rings. The first-order chi connectivity index (χ1) is 12.9. The molecule has 8 heteroatoms. The first kappa shape index (κ1) is 19.2. The van der Waals surface area contributed by atoms with Crippen LogP contribution in [-0.4, -0.2) is 33.6 Å². The Balaban J connectivity index is 1.79. The fourth-order valence-corrected chi connectivity index (χ4v) is 4.02. The second kappa shape index (κ2) is 7.98. The summed E-state index contributed by atoms with van der Waals surface area (Å²) in [6, 6.07) is 12.4. The summed E-state index contributed by atoms with van der Waals surface area (Å²) in [5.74, 6) is 0.208. The Morgan fingerprint density at radius 1 is 1.00 bits per heavy atom. The molecule has 0 bridgehead atoms. The molecule has 0 saturated heterocycles. The highest BCUT2D eigenvalue weighted by molar-refractivity contribution is 7.89. The number of nitrogens with one attached hydrogen (secondary N) is 2. The number of para-hydroxylation sites is 1. The summed E-state index contributed by atoms with van der Waals surface area (Å²) in [5.41, 5.74) is 0.603. The van der Waals surface area contributed by atoms with E-state index in [9.17, 15) is 13.2 Å². The Hall–Kier alpha value is -2.58. The number of hydrogen-bond donors (Lipinski definition) is 2. The Bertz CT molecular complexity index is 913. The number of carbonyl (C=O) groups excluding carboxylic acids is 1. The van der Waals surface area contributed by atoms with Crippen LogP contribution in [-0.2, 0) is 14.8 Å². The minimum absolute atomic E-state index is 0.0184. The molecule has 0 spiro atoms. The number of amides is 1. The lowest BCUT2D eigenvalue weighted by Gasteiger charge is -2.23. The van der Waals surface area contributed by atoms with Gasteiger partial charge in [0, 0.05) is 11.8 Å². The summed E-state index contributed by atoms with van der Waals surface area (Å²) in [6.07, 6.45) is 0. The molecule has 0 radical (unpaired) electrons. The number of ether oxygens (including phenoxy) is 2. The van der Waals surface area contributed by atoms with Crippen LogP contribution in [0.3, 0.4) is 0 Å². The Morgan fingerprint density at radius 3 is 2.33 bits per heavy atom. The molecule has 1 atom stereocenters. The first-order valence-corrected chi connectivity index (χ1v) is 10.1. The summed E-state index contributed by atoms with van der Waals surface area (Å²) >= 11 is 0. The molecule has 3 rings (SSSR count). The van der Waals surface area contributed by atoms with Crippen LogP contribution in [0.2, 0.25) is 0 Å². The number of sulfonamides is 1. The molecule has 1 heterocycles. The topological polar surface area (TPSA) is 93.7 Å². The van der Waals surface area contributed by atoms with Gasteiger partial charge in [-0.3, -0.25) is 4.79 Å². The predicted octanol–water partition coefficient (Wildman–Crippen LogP) is 2.40. The summed E-state index contributed by atoms with van der Waals surface area (Å²) < 4.78 is 39.0. The zero-order valence-corrected chi connectivity index (χ0v) is 16.0. The van der Waals surface area contributed by atoms with Crippen LogP contribution in [0.5, 0.6) is 11.5 Å². The second-order valence-corrected chi connectivity index (χ2v) is 8.22. The number of benzene rings is 2. The predicted molar refractivity (Wildman–Crippen MR) is 101 cm³/mol. The van der Waals surface area contributed by atoms with Crippen molar-refractivity contribution in [2.75, 3.05) is 18.5 Å². The molecule has 1 aliphatic rings. The van der Waals surface area contributed by atoms with Gasteiger partial charge in [-0.2, -0.15) is 4.72 Å². The summed E-state index contributed by atoms with van der Waals surface area (Å²) in [5, 5.41) is 2.74. The molecular formula is C19H22N2O5S. The summed E-state index contributed by atoms with van der Waals surface area (Å²) in [7, 11) is -3.92. The maximum atomic E-state index is 12.8. The highest BCUT2D eigenvalue weighted by Crippen LogP contribution is 2.32. The van der Waals surface area contributed by atoms with E-state index in [0.29, 0.717) is 30.4 Å². The largest absolute Gasteiger partial charge is 0.486 e. The van der Waals surface area contributed by atoms with Crippen LogP contribution in [0.15, 0.2) is 53.4 Å². The first-order valence-electron chi connectivity index (χ1n) is 8.65. The maximum Gasteiger partial charge on any atom is 0.242 e. The van der Waals surface area contributed by atoms with Crippen LogP contribution < -0.4 is 19.5 Å². The highest BCUT2D eigenvalue weighted by atomic mass is 32.2. The van der Waals surface area contributed by atoms with Crippen molar-refractivity contribution in [1.82, 2.24) is 4.72 Å². The molecule has 0 saturated carbocycles. The van der Waals surface area contributed by atoms with E-state index in [4.69, 9.17) is 9.47 Å². The molecule has 2 N–H and O–H groups in total. The molecule has 7 nitrogen and oxygen atoms in total. The van der Waals surface area contributed by atoms with Crippen LogP contribution in [0.4, 0.5) is 5.69 Å². The van der Waals surface area contributed by atoms with Gasteiger partial charge in [0.05, 0.1) is 4.90 Å². The van der Waals surface area contributed by atoms with Crippen molar-refractivity contribution in [1.29, 1.82) is 0 Å². The van der Waals surface area contributed by atoms with Gasteiger partial charge in [-0.1, -0.05) is 32.0 Å². The van der Waals surface area contributed by atoms with Gasteiger partial charge in [-0.15, -0.1) is 0 Å². The van der Waals surface area contributed by atoms with Crippen LogP contribution in [0, 0.1) is 5.92 Å². The summed E-state index contributed by atoms with van der Waals surface area (Å²) in [6.45, 7) is 4.34. The van der Waals surface area contributed by atoms with Gasteiger partial charge in [-0.25, -0.2) is 8.42 Å². The molecule has 0 fully saturated rings. The van der Waals surface area contributed by atoms with Crippen molar-refractivity contribution in [3.63, 3.8) is 0 Å². The molecule has 0 aliphatic carbocycles. The SMILES string of the molecule is CC(C)[C@H](NS(=O)(=O)c1ccc2c(c1)OCCO2)C(=O)Nc1ccccc1. The molecule has 0 unspecified atom stereocenters. The Labute approximate surface area is 158 Å². The average molecular weight is 390 g/mol. The van der Waals surface area contributed by atoms with E-state index in [1.54, 1.807) is 44.2 Å². The van der Waals surface area contributed by atoms with Crippen LogP contribution >= 0.6 is 0 Å². The highest BCUT2D eigenvalue weighted by Gasteiger charge is 2.29. The monoisotopic (exact) mass is 390 g/mol. The third kappa shape index (κ3) is 4.58. The smallest absolute Gasteiger partial charge is 0.242 e. The fourth-order valence-electron chi connectivity index (χ4n) is 2.66. The fraction of sp³-hybridized carbons (Fsp3) is 0.316. The molecule has 0 aromatic heterocycles. The van der Waals surface area contributed by atoms with E-state index in [0.717, 1.165) is 0 Å². The zero-order valence-electron chi connectivity index (χ0n) is 15.1. The number of hydrogen-bond acceptors (Lipinski definition) is 5. The Morgan fingerprint density at radius 2 is 1.67 bits per heavy atom. The van der Waals surface area contributed by atoms with E-state index >= 15 is 0 Å². The zero-order chi connectivity index (χ0) is 19.4. The van der Waals surface area contributed by atoms with Crippen LogP contribution in [0.1, 0.15) is 13.8 Å². The normalized spacial score (nSPS) is 14.6. The molecule has 1 amide bonds. The van der Waals surface area contributed by atoms with Gasteiger partial charge in [0.2, 0.25) is 15.9 Å². The van der Waals surface area contributed by atoms with Crippen molar-refractivity contribution in [2.24, 2.45) is 5.92 Å². The van der Waals surface area contributed by atoms with Crippen molar-refractivity contribution >= 4 is 21.6 Å². The summed E-state index contributed by atoms with van der Waals surface area (Å²) in [4.78, 5) is 12.6. The third-order valence-electron chi connectivity index (χ3n) is 4.10.